The summed E-state index contributed by atoms with van der Waals surface area (Å²) in [5.74, 6) is -2.82. The van der Waals surface area contributed by atoms with E-state index in [1.807, 2.05) is 13.8 Å². The SMILES string of the molecule is CC1=C(C)C[C@@H](C(=O)[O-])[C@@H](C(=O)N2CCN(S(C)(=O)=O)CC2)C1. The number of aliphatic carboxylic acids is 1. The summed E-state index contributed by atoms with van der Waals surface area (Å²) in [4.78, 5) is 25.7. The Labute approximate surface area is 137 Å². The molecule has 0 unspecified atom stereocenters. The van der Waals surface area contributed by atoms with Gasteiger partial charge in [-0.05, 0) is 26.7 Å². The molecule has 2 rings (SSSR count). The van der Waals surface area contributed by atoms with E-state index >= 15 is 0 Å². The van der Waals surface area contributed by atoms with E-state index in [4.69, 9.17) is 0 Å². The van der Waals surface area contributed by atoms with Crippen LogP contribution in [0.1, 0.15) is 26.7 Å². The molecule has 1 amide bonds. The molecule has 2 atom stereocenters. The summed E-state index contributed by atoms with van der Waals surface area (Å²) in [6.45, 7) is 4.90. The van der Waals surface area contributed by atoms with Crippen LogP contribution in [0.25, 0.3) is 0 Å². The Hall–Kier alpha value is -1.41. The molecular formula is C15H23N2O5S-. The largest absolute Gasteiger partial charge is 0.550 e. The van der Waals surface area contributed by atoms with Crippen molar-refractivity contribution >= 4 is 21.9 Å². The summed E-state index contributed by atoms with van der Waals surface area (Å²) in [6, 6.07) is 0. The Morgan fingerprint density at radius 1 is 1.00 bits per heavy atom. The number of carboxylic acid groups (broad SMARTS) is 1. The second-order valence-corrected chi connectivity index (χ2v) is 8.47. The molecule has 2 aliphatic rings. The van der Waals surface area contributed by atoms with Gasteiger partial charge in [0, 0.05) is 38.1 Å². The Morgan fingerprint density at radius 3 is 1.91 bits per heavy atom. The molecule has 0 radical (unpaired) electrons. The molecular weight excluding hydrogens is 320 g/mol. The highest BCUT2D eigenvalue weighted by molar-refractivity contribution is 7.88. The molecule has 130 valence electrons. The first-order valence-corrected chi connectivity index (χ1v) is 9.56. The van der Waals surface area contributed by atoms with Gasteiger partial charge in [0.1, 0.15) is 0 Å². The van der Waals surface area contributed by atoms with Crippen LogP contribution in [0.4, 0.5) is 0 Å². The number of carboxylic acids is 1. The first-order chi connectivity index (χ1) is 10.6. The van der Waals surface area contributed by atoms with E-state index in [0.717, 1.165) is 17.4 Å². The van der Waals surface area contributed by atoms with Crippen LogP contribution in [-0.2, 0) is 19.6 Å². The summed E-state index contributed by atoms with van der Waals surface area (Å²) in [6.07, 6.45) is 1.91. The molecule has 1 saturated heterocycles. The summed E-state index contributed by atoms with van der Waals surface area (Å²) in [5, 5.41) is 11.4. The first kappa shape index (κ1) is 17.9. The lowest BCUT2D eigenvalue weighted by Gasteiger charge is -2.39. The standard InChI is InChI=1S/C15H24N2O5S/c1-10-8-12(13(15(19)20)9-11(10)2)14(18)16-4-6-17(7-5-16)23(3,21)22/h12-13H,4-9H2,1-3H3,(H,19,20)/p-1/t12-,13+/m0/s1. The molecule has 0 aromatic carbocycles. The number of carbonyl (C=O) groups is 2. The van der Waals surface area contributed by atoms with Crippen molar-refractivity contribution in [1.82, 2.24) is 9.21 Å². The zero-order chi connectivity index (χ0) is 17.4. The van der Waals surface area contributed by atoms with Crippen LogP contribution in [0.2, 0.25) is 0 Å². The van der Waals surface area contributed by atoms with Crippen LogP contribution < -0.4 is 5.11 Å². The van der Waals surface area contributed by atoms with Gasteiger partial charge in [0.25, 0.3) is 0 Å². The Bertz CT molecular complexity index is 632. The molecule has 0 N–H and O–H groups in total. The zero-order valence-corrected chi connectivity index (χ0v) is 14.6. The maximum atomic E-state index is 12.7. The fourth-order valence-corrected chi connectivity index (χ4v) is 4.10. The number of hydrogen-bond donors (Lipinski definition) is 0. The predicted molar refractivity (Wildman–Crippen MR) is 82.6 cm³/mol. The second-order valence-electron chi connectivity index (χ2n) is 6.49. The van der Waals surface area contributed by atoms with Crippen molar-refractivity contribution in [2.24, 2.45) is 11.8 Å². The summed E-state index contributed by atoms with van der Waals surface area (Å²) in [5.41, 5.74) is 2.06. The number of allylic oxidation sites excluding steroid dienone is 2. The number of nitrogens with zero attached hydrogens (tertiary/aromatic N) is 2. The zero-order valence-electron chi connectivity index (χ0n) is 13.7. The molecule has 0 saturated carbocycles. The highest BCUT2D eigenvalue weighted by atomic mass is 32.2. The van der Waals surface area contributed by atoms with Crippen LogP contribution in [0.5, 0.6) is 0 Å². The van der Waals surface area contributed by atoms with Crippen molar-refractivity contribution in [3.63, 3.8) is 0 Å². The maximum absolute atomic E-state index is 12.7. The van der Waals surface area contributed by atoms with Gasteiger partial charge in [0.05, 0.1) is 12.2 Å². The van der Waals surface area contributed by atoms with E-state index in [1.54, 1.807) is 4.90 Å². The normalized spacial score (nSPS) is 27.2. The lowest BCUT2D eigenvalue weighted by atomic mass is 9.76. The van der Waals surface area contributed by atoms with Crippen molar-refractivity contribution in [2.75, 3.05) is 32.4 Å². The molecule has 0 aromatic heterocycles. The fourth-order valence-electron chi connectivity index (χ4n) is 3.27. The molecule has 23 heavy (non-hydrogen) atoms. The number of sulfonamides is 1. The van der Waals surface area contributed by atoms with E-state index in [-0.39, 0.29) is 19.0 Å². The monoisotopic (exact) mass is 343 g/mol. The van der Waals surface area contributed by atoms with Gasteiger partial charge < -0.3 is 14.8 Å². The van der Waals surface area contributed by atoms with Gasteiger partial charge >= 0.3 is 0 Å². The average Bonchev–Trinajstić information content (AvgIpc) is 2.48. The van der Waals surface area contributed by atoms with Gasteiger partial charge in [-0.25, -0.2) is 8.42 Å². The summed E-state index contributed by atoms with van der Waals surface area (Å²) >= 11 is 0. The van der Waals surface area contributed by atoms with Crippen molar-refractivity contribution in [2.45, 2.75) is 26.7 Å². The van der Waals surface area contributed by atoms with Crippen molar-refractivity contribution in [3.05, 3.63) is 11.1 Å². The highest BCUT2D eigenvalue weighted by Gasteiger charge is 2.37. The van der Waals surface area contributed by atoms with Gasteiger partial charge in [0.15, 0.2) is 0 Å². The van der Waals surface area contributed by atoms with Gasteiger partial charge in [-0.15, -0.1) is 0 Å². The van der Waals surface area contributed by atoms with E-state index in [0.29, 0.717) is 25.9 Å². The van der Waals surface area contributed by atoms with Gasteiger partial charge in [-0.1, -0.05) is 11.1 Å². The third-order valence-corrected chi connectivity index (χ3v) is 6.21. The minimum atomic E-state index is -3.26. The number of piperazine rings is 1. The molecule has 1 aliphatic carbocycles. The van der Waals surface area contributed by atoms with E-state index in [1.165, 1.54) is 4.31 Å². The molecule has 0 spiro atoms. The number of carbonyl (C=O) groups excluding carboxylic acids is 2. The summed E-state index contributed by atoms with van der Waals surface area (Å²) < 4.78 is 24.4. The van der Waals surface area contributed by atoms with Gasteiger partial charge in [-0.3, -0.25) is 4.79 Å². The lowest BCUT2D eigenvalue weighted by Crippen LogP contribution is -2.53. The van der Waals surface area contributed by atoms with Crippen LogP contribution in [0.3, 0.4) is 0 Å². The molecule has 8 heteroatoms. The molecule has 1 aliphatic heterocycles. The molecule has 1 heterocycles. The quantitative estimate of drug-likeness (QED) is 0.625. The average molecular weight is 343 g/mol. The minimum absolute atomic E-state index is 0.209. The highest BCUT2D eigenvalue weighted by Crippen LogP contribution is 2.35. The van der Waals surface area contributed by atoms with E-state index in [2.05, 4.69) is 0 Å². The van der Waals surface area contributed by atoms with E-state index in [9.17, 15) is 23.1 Å². The number of rotatable bonds is 3. The Morgan fingerprint density at radius 2 is 1.48 bits per heavy atom. The predicted octanol–water partition coefficient (Wildman–Crippen LogP) is -0.797. The smallest absolute Gasteiger partial charge is 0.226 e. The first-order valence-electron chi connectivity index (χ1n) is 7.71. The van der Waals surface area contributed by atoms with Gasteiger partial charge in [-0.2, -0.15) is 4.31 Å². The van der Waals surface area contributed by atoms with Crippen molar-refractivity contribution < 1.29 is 23.1 Å². The molecule has 0 bridgehead atoms. The third-order valence-electron chi connectivity index (χ3n) is 4.91. The number of hydrogen-bond acceptors (Lipinski definition) is 5. The summed E-state index contributed by atoms with van der Waals surface area (Å²) in [7, 11) is -3.26. The third kappa shape index (κ3) is 3.92. The number of amides is 1. The molecule has 7 nitrogen and oxygen atoms in total. The van der Waals surface area contributed by atoms with Crippen LogP contribution >= 0.6 is 0 Å². The van der Waals surface area contributed by atoms with Crippen LogP contribution in [0, 0.1) is 11.8 Å². The topological polar surface area (TPSA) is 97.8 Å². The van der Waals surface area contributed by atoms with E-state index < -0.39 is 27.8 Å². The van der Waals surface area contributed by atoms with Crippen LogP contribution in [-0.4, -0.2) is 61.9 Å². The maximum Gasteiger partial charge on any atom is 0.226 e. The molecule has 1 fully saturated rings. The van der Waals surface area contributed by atoms with Crippen molar-refractivity contribution in [1.29, 1.82) is 0 Å². The molecule has 0 aromatic rings. The fraction of sp³-hybridized carbons (Fsp3) is 0.733. The Kier molecular flexibility index (Phi) is 5.15. The minimum Gasteiger partial charge on any atom is -0.550 e. The second kappa shape index (κ2) is 6.60. The van der Waals surface area contributed by atoms with Gasteiger partial charge in [0.2, 0.25) is 15.9 Å². The van der Waals surface area contributed by atoms with Crippen molar-refractivity contribution in [3.8, 4) is 0 Å². The lowest BCUT2D eigenvalue weighted by molar-refractivity contribution is -0.313. The Balaban J connectivity index is 2.09. The van der Waals surface area contributed by atoms with Crippen LogP contribution in [0.15, 0.2) is 11.1 Å².